The average Bonchev–Trinajstić information content (AvgIpc) is 2.99. The molecule has 1 aromatic rings. The Morgan fingerprint density at radius 2 is 2.00 bits per heavy atom. The number of hydrogen-bond donors (Lipinski definition) is 3. The predicted octanol–water partition coefficient (Wildman–Crippen LogP) is 2.67. The number of urea groups is 1. The summed E-state index contributed by atoms with van der Waals surface area (Å²) in [5.41, 5.74) is 3.29. The van der Waals surface area contributed by atoms with E-state index in [2.05, 4.69) is 10.8 Å². The smallest absolute Gasteiger partial charge is 0.338 e. The molecule has 0 saturated heterocycles. The Kier molecular flexibility index (Phi) is 6.02. The summed E-state index contributed by atoms with van der Waals surface area (Å²) in [5, 5.41) is 12.9. The lowest BCUT2D eigenvalue weighted by molar-refractivity contribution is -0.000653. The Balaban J connectivity index is 1.68. The van der Waals surface area contributed by atoms with Crippen LogP contribution in [0.2, 0.25) is 0 Å². The average molecular weight is 292 g/mol. The van der Waals surface area contributed by atoms with Crippen LogP contribution in [0.25, 0.3) is 0 Å². The standard InChI is InChI=1S/C16H24N2O3/c1-12(11-15(19)13-7-3-2-4-8-13)17-16(20)18-21-14-9-5-6-10-14/h2-4,7-8,12,14-15,19H,5-6,9-11H2,1H3,(H2,17,18,20). The van der Waals surface area contributed by atoms with Gasteiger partial charge in [-0.2, -0.15) is 0 Å². The molecule has 1 aliphatic rings. The second-order valence-electron chi connectivity index (χ2n) is 5.66. The number of rotatable bonds is 6. The van der Waals surface area contributed by atoms with Crippen LogP contribution in [0.3, 0.4) is 0 Å². The molecule has 5 nitrogen and oxygen atoms in total. The minimum absolute atomic E-state index is 0.140. The molecule has 0 heterocycles. The highest BCUT2D eigenvalue weighted by Gasteiger charge is 2.18. The minimum Gasteiger partial charge on any atom is -0.388 e. The first kappa shape index (κ1) is 15.8. The van der Waals surface area contributed by atoms with Gasteiger partial charge in [-0.15, -0.1) is 0 Å². The molecule has 21 heavy (non-hydrogen) atoms. The number of aliphatic hydroxyl groups is 1. The maximum absolute atomic E-state index is 11.7. The fraction of sp³-hybridized carbons (Fsp3) is 0.562. The van der Waals surface area contributed by atoms with Crippen LogP contribution in [-0.2, 0) is 4.84 Å². The lowest BCUT2D eigenvalue weighted by atomic mass is 10.0. The normalized spacial score (nSPS) is 18.2. The monoisotopic (exact) mass is 292 g/mol. The molecule has 0 bridgehead atoms. The van der Waals surface area contributed by atoms with Crippen molar-refractivity contribution in [3.63, 3.8) is 0 Å². The van der Waals surface area contributed by atoms with Crippen molar-refractivity contribution in [1.29, 1.82) is 0 Å². The number of hydrogen-bond acceptors (Lipinski definition) is 3. The van der Waals surface area contributed by atoms with Crippen LogP contribution >= 0.6 is 0 Å². The van der Waals surface area contributed by atoms with Crippen molar-refractivity contribution in [2.45, 2.75) is 57.3 Å². The number of aliphatic hydroxyl groups excluding tert-OH is 1. The molecule has 1 fully saturated rings. The number of amides is 2. The molecule has 0 aliphatic heterocycles. The van der Waals surface area contributed by atoms with Crippen LogP contribution in [0.5, 0.6) is 0 Å². The predicted molar refractivity (Wildman–Crippen MR) is 80.5 cm³/mol. The van der Waals surface area contributed by atoms with Gasteiger partial charge in [0, 0.05) is 6.04 Å². The van der Waals surface area contributed by atoms with Crippen LogP contribution in [0.1, 0.15) is 50.7 Å². The van der Waals surface area contributed by atoms with E-state index in [9.17, 15) is 9.90 Å². The van der Waals surface area contributed by atoms with E-state index in [-0.39, 0.29) is 18.2 Å². The maximum Gasteiger partial charge on any atom is 0.338 e. The first-order valence-corrected chi connectivity index (χ1v) is 7.60. The van der Waals surface area contributed by atoms with Crippen LogP contribution in [0, 0.1) is 0 Å². The van der Waals surface area contributed by atoms with Gasteiger partial charge in [-0.05, 0) is 31.7 Å². The van der Waals surface area contributed by atoms with Crippen molar-refractivity contribution < 1.29 is 14.7 Å². The van der Waals surface area contributed by atoms with Crippen LogP contribution in [0.15, 0.2) is 30.3 Å². The topological polar surface area (TPSA) is 70.6 Å². The number of carbonyl (C=O) groups excluding carboxylic acids is 1. The van der Waals surface area contributed by atoms with Gasteiger partial charge in [0.05, 0.1) is 12.2 Å². The minimum atomic E-state index is -0.586. The van der Waals surface area contributed by atoms with Gasteiger partial charge in [0.1, 0.15) is 0 Å². The van der Waals surface area contributed by atoms with Gasteiger partial charge in [-0.1, -0.05) is 43.2 Å². The van der Waals surface area contributed by atoms with Gasteiger partial charge < -0.3 is 10.4 Å². The molecule has 2 amide bonds. The lowest BCUT2D eigenvalue weighted by Crippen LogP contribution is -2.42. The molecule has 3 N–H and O–H groups in total. The summed E-state index contributed by atoms with van der Waals surface area (Å²) >= 11 is 0. The summed E-state index contributed by atoms with van der Waals surface area (Å²) in [4.78, 5) is 17.0. The van der Waals surface area contributed by atoms with E-state index in [4.69, 9.17) is 4.84 Å². The van der Waals surface area contributed by atoms with E-state index in [0.29, 0.717) is 6.42 Å². The first-order chi connectivity index (χ1) is 10.1. The Labute approximate surface area is 125 Å². The fourth-order valence-electron chi connectivity index (χ4n) is 2.60. The van der Waals surface area contributed by atoms with Crippen molar-refractivity contribution in [2.24, 2.45) is 0 Å². The van der Waals surface area contributed by atoms with Crippen molar-refractivity contribution in [1.82, 2.24) is 10.8 Å². The molecule has 2 rings (SSSR count). The van der Waals surface area contributed by atoms with Crippen LogP contribution in [-0.4, -0.2) is 23.3 Å². The number of benzene rings is 1. The third-order valence-electron chi connectivity index (χ3n) is 3.76. The summed E-state index contributed by atoms with van der Waals surface area (Å²) in [5.74, 6) is 0. The Bertz CT molecular complexity index is 432. The first-order valence-electron chi connectivity index (χ1n) is 7.60. The molecule has 0 spiro atoms. The van der Waals surface area contributed by atoms with E-state index in [1.54, 1.807) is 0 Å². The SMILES string of the molecule is CC(CC(O)c1ccccc1)NC(=O)NOC1CCCC1. The van der Waals surface area contributed by atoms with Crippen LogP contribution in [0.4, 0.5) is 4.79 Å². The van der Waals surface area contributed by atoms with E-state index < -0.39 is 6.10 Å². The molecule has 1 aromatic carbocycles. The molecule has 2 unspecified atom stereocenters. The van der Waals surface area contributed by atoms with Gasteiger partial charge in [-0.3, -0.25) is 4.84 Å². The van der Waals surface area contributed by atoms with E-state index in [0.717, 1.165) is 31.2 Å². The van der Waals surface area contributed by atoms with Gasteiger partial charge in [-0.25, -0.2) is 10.3 Å². The molecular weight excluding hydrogens is 268 g/mol. The lowest BCUT2D eigenvalue weighted by Gasteiger charge is -2.19. The van der Waals surface area contributed by atoms with E-state index in [1.807, 2.05) is 37.3 Å². The zero-order chi connectivity index (χ0) is 15.1. The van der Waals surface area contributed by atoms with E-state index >= 15 is 0 Å². The van der Waals surface area contributed by atoms with Crippen molar-refractivity contribution in [3.05, 3.63) is 35.9 Å². The number of hydroxylamine groups is 1. The zero-order valence-electron chi connectivity index (χ0n) is 12.4. The highest BCUT2D eigenvalue weighted by molar-refractivity contribution is 5.72. The molecule has 0 radical (unpaired) electrons. The summed E-state index contributed by atoms with van der Waals surface area (Å²) in [6.07, 6.45) is 4.34. The second kappa shape index (κ2) is 8.00. The molecule has 0 aromatic heterocycles. The zero-order valence-corrected chi connectivity index (χ0v) is 12.4. The van der Waals surface area contributed by atoms with Crippen molar-refractivity contribution >= 4 is 6.03 Å². The van der Waals surface area contributed by atoms with Crippen LogP contribution < -0.4 is 10.8 Å². The quantitative estimate of drug-likeness (QED) is 0.706. The van der Waals surface area contributed by atoms with Gasteiger partial charge in [0.15, 0.2) is 0 Å². The molecule has 116 valence electrons. The van der Waals surface area contributed by atoms with Crippen molar-refractivity contribution in [2.75, 3.05) is 0 Å². The van der Waals surface area contributed by atoms with Gasteiger partial charge >= 0.3 is 6.03 Å². The van der Waals surface area contributed by atoms with E-state index in [1.165, 1.54) is 0 Å². The Hall–Kier alpha value is -1.59. The van der Waals surface area contributed by atoms with Gasteiger partial charge in [0.25, 0.3) is 0 Å². The molecular formula is C16H24N2O3. The molecule has 1 aliphatic carbocycles. The Morgan fingerprint density at radius 3 is 2.67 bits per heavy atom. The van der Waals surface area contributed by atoms with Gasteiger partial charge in [0.2, 0.25) is 0 Å². The fourth-order valence-corrected chi connectivity index (χ4v) is 2.60. The summed E-state index contributed by atoms with van der Waals surface area (Å²) in [6.45, 7) is 1.86. The molecule has 1 saturated carbocycles. The highest BCUT2D eigenvalue weighted by Crippen LogP contribution is 2.20. The number of carbonyl (C=O) groups is 1. The third kappa shape index (κ3) is 5.36. The Morgan fingerprint density at radius 1 is 1.33 bits per heavy atom. The third-order valence-corrected chi connectivity index (χ3v) is 3.76. The summed E-state index contributed by atoms with van der Waals surface area (Å²) in [6, 6.07) is 8.94. The second-order valence-corrected chi connectivity index (χ2v) is 5.66. The highest BCUT2D eigenvalue weighted by atomic mass is 16.7. The molecule has 2 atom stereocenters. The number of nitrogens with one attached hydrogen (secondary N) is 2. The molecule has 5 heteroatoms. The largest absolute Gasteiger partial charge is 0.388 e. The summed E-state index contributed by atoms with van der Waals surface area (Å²) in [7, 11) is 0. The van der Waals surface area contributed by atoms with Crippen molar-refractivity contribution in [3.8, 4) is 0 Å². The maximum atomic E-state index is 11.7. The summed E-state index contributed by atoms with van der Waals surface area (Å²) < 4.78 is 0.